The minimum absolute atomic E-state index is 0.254. The molecule has 1 aromatic rings. The van der Waals surface area contributed by atoms with Crippen molar-refractivity contribution >= 4 is 0 Å². The Morgan fingerprint density at radius 3 is 2.79 bits per heavy atom. The summed E-state index contributed by atoms with van der Waals surface area (Å²) in [5.41, 5.74) is 2.67. The highest BCUT2D eigenvalue weighted by Gasteiger charge is 2.33. The second-order valence-corrected chi connectivity index (χ2v) is 6.07. The van der Waals surface area contributed by atoms with E-state index >= 15 is 0 Å². The highest BCUT2D eigenvalue weighted by atomic mass is 15.2. The second kappa shape index (κ2) is 6.02. The molecule has 1 N–H and O–H groups in total. The van der Waals surface area contributed by atoms with E-state index in [1.54, 1.807) is 0 Å². The lowest BCUT2D eigenvalue weighted by Gasteiger charge is -2.46. The van der Waals surface area contributed by atoms with Crippen LogP contribution in [0.15, 0.2) is 18.3 Å². The van der Waals surface area contributed by atoms with Crippen molar-refractivity contribution in [1.82, 2.24) is 15.2 Å². The number of aryl methyl sites for hydroxylation is 1. The van der Waals surface area contributed by atoms with Crippen LogP contribution in [0.5, 0.6) is 0 Å². The molecule has 2 atom stereocenters. The third kappa shape index (κ3) is 3.54. The lowest BCUT2D eigenvalue weighted by molar-refractivity contribution is 0.0754. The van der Waals surface area contributed by atoms with E-state index in [0.717, 1.165) is 25.3 Å². The second-order valence-electron chi connectivity index (χ2n) is 6.07. The molecule has 0 saturated carbocycles. The Balaban J connectivity index is 2.08. The van der Waals surface area contributed by atoms with E-state index in [2.05, 4.69) is 48.1 Å². The minimum Gasteiger partial charge on any atom is -0.309 e. The SMILES string of the molecule is CCC1CNC(C)(CC)CN1Cc1ccc(C)nc1. The van der Waals surface area contributed by atoms with E-state index in [4.69, 9.17) is 0 Å². The van der Waals surface area contributed by atoms with Crippen LogP contribution in [0.3, 0.4) is 0 Å². The van der Waals surface area contributed by atoms with E-state index in [1.807, 2.05) is 13.1 Å². The molecule has 1 saturated heterocycles. The summed E-state index contributed by atoms with van der Waals surface area (Å²) in [7, 11) is 0. The first-order valence-electron chi connectivity index (χ1n) is 7.47. The molecule has 19 heavy (non-hydrogen) atoms. The average molecular weight is 261 g/mol. The Morgan fingerprint density at radius 2 is 2.21 bits per heavy atom. The van der Waals surface area contributed by atoms with Crippen LogP contribution in [0.4, 0.5) is 0 Å². The summed E-state index contributed by atoms with van der Waals surface area (Å²) < 4.78 is 0. The van der Waals surface area contributed by atoms with Crippen molar-refractivity contribution < 1.29 is 0 Å². The molecule has 2 rings (SSSR count). The Kier molecular flexibility index (Phi) is 4.58. The van der Waals surface area contributed by atoms with E-state index in [0.29, 0.717) is 6.04 Å². The normalized spacial score (nSPS) is 28.5. The van der Waals surface area contributed by atoms with Gasteiger partial charge in [0.15, 0.2) is 0 Å². The summed E-state index contributed by atoms with van der Waals surface area (Å²) in [4.78, 5) is 7.03. The van der Waals surface area contributed by atoms with Crippen molar-refractivity contribution in [3.8, 4) is 0 Å². The molecule has 0 aliphatic carbocycles. The van der Waals surface area contributed by atoms with Crippen molar-refractivity contribution in [1.29, 1.82) is 0 Å². The van der Waals surface area contributed by atoms with Gasteiger partial charge in [-0.25, -0.2) is 0 Å². The fraction of sp³-hybridized carbons (Fsp3) is 0.688. The maximum absolute atomic E-state index is 4.41. The van der Waals surface area contributed by atoms with E-state index in [9.17, 15) is 0 Å². The molecule has 0 amide bonds. The zero-order valence-corrected chi connectivity index (χ0v) is 12.7. The smallest absolute Gasteiger partial charge is 0.0372 e. The van der Waals surface area contributed by atoms with E-state index in [1.165, 1.54) is 18.4 Å². The van der Waals surface area contributed by atoms with Crippen molar-refractivity contribution in [2.24, 2.45) is 0 Å². The maximum Gasteiger partial charge on any atom is 0.0372 e. The minimum atomic E-state index is 0.254. The average Bonchev–Trinajstić information content (AvgIpc) is 2.42. The van der Waals surface area contributed by atoms with Crippen LogP contribution in [-0.4, -0.2) is 34.6 Å². The fourth-order valence-corrected chi connectivity index (χ4v) is 2.78. The Bertz CT molecular complexity index is 401. The number of piperazine rings is 1. The van der Waals surface area contributed by atoms with Gasteiger partial charge in [-0.2, -0.15) is 0 Å². The van der Waals surface area contributed by atoms with Gasteiger partial charge in [0.25, 0.3) is 0 Å². The monoisotopic (exact) mass is 261 g/mol. The number of hydrogen-bond acceptors (Lipinski definition) is 3. The zero-order valence-electron chi connectivity index (χ0n) is 12.7. The lowest BCUT2D eigenvalue weighted by Crippen LogP contribution is -2.62. The Hall–Kier alpha value is -0.930. The summed E-state index contributed by atoms with van der Waals surface area (Å²) in [5, 5.41) is 3.71. The van der Waals surface area contributed by atoms with Crippen LogP contribution >= 0.6 is 0 Å². The van der Waals surface area contributed by atoms with Crippen LogP contribution in [0, 0.1) is 6.92 Å². The summed E-state index contributed by atoms with van der Waals surface area (Å²) in [6, 6.07) is 4.96. The summed E-state index contributed by atoms with van der Waals surface area (Å²) in [5.74, 6) is 0. The molecular weight excluding hydrogens is 234 g/mol. The van der Waals surface area contributed by atoms with E-state index in [-0.39, 0.29) is 5.54 Å². The molecule has 0 bridgehead atoms. The van der Waals surface area contributed by atoms with Gasteiger partial charge in [0.2, 0.25) is 0 Å². The molecule has 2 heterocycles. The number of aromatic nitrogens is 1. The first kappa shape index (κ1) is 14.5. The predicted molar refractivity (Wildman–Crippen MR) is 80.2 cm³/mol. The number of rotatable bonds is 4. The van der Waals surface area contributed by atoms with Gasteiger partial charge in [-0.05, 0) is 38.3 Å². The molecule has 106 valence electrons. The number of nitrogens with one attached hydrogen (secondary N) is 1. The van der Waals surface area contributed by atoms with Crippen LogP contribution in [0.2, 0.25) is 0 Å². The molecule has 3 nitrogen and oxygen atoms in total. The van der Waals surface area contributed by atoms with Crippen LogP contribution in [-0.2, 0) is 6.54 Å². The highest BCUT2D eigenvalue weighted by Crippen LogP contribution is 2.22. The lowest BCUT2D eigenvalue weighted by atomic mass is 9.92. The van der Waals surface area contributed by atoms with Gasteiger partial charge >= 0.3 is 0 Å². The molecule has 2 unspecified atom stereocenters. The molecule has 3 heteroatoms. The largest absolute Gasteiger partial charge is 0.309 e. The number of nitrogens with zero attached hydrogens (tertiary/aromatic N) is 2. The third-order valence-corrected chi connectivity index (χ3v) is 4.44. The van der Waals surface area contributed by atoms with Crippen LogP contribution in [0.25, 0.3) is 0 Å². The van der Waals surface area contributed by atoms with Crippen molar-refractivity contribution in [2.75, 3.05) is 13.1 Å². The van der Waals surface area contributed by atoms with Gasteiger partial charge in [-0.15, -0.1) is 0 Å². The van der Waals surface area contributed by atoms with Gasteiger partial charge in [0.1, 0.15) is 0 Å². The standard InChI is InChI=1S/C16H27N3/c1-5-15-10-18-16(4,6-2)12-19(15)11-14-8-7-13(3)17-9-14/h7-9,15,18H,5-6,10-12H2,1-4H3. The molecule has 1 aromatic heterocycles. The molecule has 1 aliphatic rings. The highest BCUT2D eigenvalue weighted by molar-refractivity contribution is 5.13. The zero-order chi connectivity index (χ0) is 13.9. The Labute approximate surface area is 117 Å². The first-order valence-corrected chi connectivity index (χ1v) is 7.47. The molecule has 0 spiro atoms. The number of hydrogen-bond donors (Lipinski definition) is 1. The molecular formula is C16H27N3. The Morgan fingerprint density at radius 1 is 1.42 bits per heavy atom. The quantitative estimate of drug-likeness (QED) is 0.903. The first-order chi connectivity index (χ1) is 9.06. The van der Waals surface area contributed by atoms with Crippen molar-refractivity contribution in [3.05, 3.63) is 29.6 Å². The fourth-order valence-electron chi connectivity index (χ4n) is 2.78. The molecule has 1 fully saturated rings. The van der Waals surface area contributed by atoms with Gasteiger partial charge in [-0.3, -0.25) is 9.88 Å². The van der Waals surface area contributed by atoms with Crippen molar-refractivity contribution in [2.45, 2.75) is 58.7 Å². The number of pyridine rings is 1. The predicted octanol–water partition coefficient (Wildman–Crippen LogP) is 2.74. The van der Waals surface area contributed by atoms with Gasteiger partial charge < -0.3 is 5.32 Å². The van der Waals surface area contributed by atoms with Gasteiger partial charge in [0, 0.05) is 43.1 Å². The molecule has 0 aromatic carbocycles. The van der Waals surface area contributed by atoms with Crippen LogP contribution < -0.4 is 5.32 Å². The van der Waals surface area contributed by atoms with Gasteiger partial charge in [0.05, 0.1) is 0 Å². The maximum atomic E-state index is 4.41. The van der Waals surface area contributed by atoms with E-state index < -0.39 is 0 Å². The summed E-state index contributed by atoms with van der Waals surface area (Å²) in [6.07, 6.45) is 4.39. The third-order valence-electron chi connectivity index (χ3n) is 4.44. The van der Waals surface area contributed by atoms with Gasteiger partial charge in [-0.1, -0.05) is 19.9 Å². The molecule has 0 radical (unpaired) electrons. The summed E-state index contributed by atoms with van der Waals surface area (Å²) >= 11 is 0. The summed E-state index contributed by atoms with van der Waals surface area (Å²) in [6.45, 7) is 12.2. The van der Waals surface area contributed by atoms with Crippen LogP contribution in [0.1, 0.15) is 44.9 Å². The van der Waals surface area contributed by atoms with Crippen molar-refractivity contribution in [3.63, 3.8) is 0 Å². The molecule has 1 aliphatic heterocycles. The topological polar surface area (TPSA) is 28.2 Å².